The minimum Gasteiger partial charge on any atom is -0.490 e. The Labute approximate surface area is 185 Å². The van der Waals surface area contributed by atoms with Gasteiger partial charge in [-0.2, -0.15) is 4.39 Å². The number of hydrogen-bond donors (Lipinski definition) is 0. The molecule has 3 rings (SSSR count). The summed E-state index contributed by atoms with van der Waals surface area (Å²) in [5, 5.41) is 0. The van der Waals surface area contributed by atoms with Gasteiger partial charge in [0.1, 0.15) is 5.75 Å². The summed E-state index contributed by atoms with van der Waals surface area (Å²) in [4.78, 5) is 0. The highest BCUT2D eigenvalue weighted by Gasteiger charge is 2.31. The molecule has 7 heteroatoms. The minimum absolute atomic E-state index is 0.0546. The van der Waals surface area contributed by atoms with E-state index in [1.807, 2.05) is 0 Å². The molecule has 0 heterocycles. The molecule has 0 unspecified atom stereocenters. The van der Waals surface area contributed by atoms with E-state index in [4.69, 9.17) is 4.74 Å². The molecule has 2 aromatic carbocycles. The summed E-state index contributed by atoms with van der Waals surface area (Å²) in [6.07, 6.45) is 4.60. The van der Waals surface area contributed by atoms with Gasteiger partial charge in [0.25, 0.3) is 0 Å². The van der Waals surface area contributed by atoms with E-state index in [0.717, 1.165) is 43.7 Å². The largest absolute Gasteiger partial charge is 0.573 e. The Morgan fingerprint density at radius 3 is 2.12 bits per heavy atom. The zero-order valence-corrected chi connectivity index (χ0v) is 18.2. The Balaban J connectivity index is 1.56. The first-order chi connectivity index (χ1) is 15.3. The predicted molar refractivity (Wildman–Crippen MR) is 114 cm³/mol. The molecule has 0 radical (unpaired) electrons. The van der Waals surface area contributed by atoms with Gasteiger partial charge in [-0.25, -0.2) is 4.39 Å². The lowest BCUT2D eigenvalue weighted by Crippen LogP contribution is -2.20. The van der Waals surface area contributed by atoms with Gasteiger partial charge < -0.3 is 9.47 Å². The molecule has 0 spiro atoms. The van der Waals surface area contributed by atoms with Gasteiger partial charge in [-0.1, -0.05) is 57.6 Å². The van der Waals surface area contributed by atoms with E-state index >= 15 is 0 Å². The minimum atomic E-state index is -4.81. The molecule has 0 saturated heterocycles. The summed E-state index contributed by atoms with van der Waals surface area (Å²) >= 11 is 0. The first-order valence-corrected chi connectivity index (χ1v) is 11.2. The highest BCUT2D eigenvalue weighted by molar-refractivity contribution is 5.66. The van der Waals surface area contributed by atoms with E-state index in [9.17, 15) is 22.0 Å². The van der Waals surface area contributed by atoms with Crippen LogP contribution < -0.4 is 9.47 Å². The van der Waals surface area contributed by atoms with Crippen LogP contribution in [0.1, 0.15) is 58.3 Å². The molecule has 0 aromatic heterocycles. The molecular weight excluding hydrogens is 427 g/mol. The Morgan fingerprint density at radius 1 is 0.844 bits per heavy atom. The first-order valence-electron chi connectivity index (χ1n) is 11.2. The summed E-state index contributed by atoms with van der Waals surface area (Å²) in [5.41, 5.74) is 0.185. The normalized spacial score (nSPS) is 19.1. The highest BCUT2D eigenvalue weighted by Crippen LogP contribution is 2.35. The molecular formula is C25H29F5O2. The maximum absolute atomic E-state index is 14.6. The molecule has 1 fully saturated rings. The summed E-state index contributed by atoms with van der Waals surface area (Å²) in [7, 11) is 0. The van der Waals surface area contributed by atoms with Crippen LogP contribution in [0.5, 0.6) is 11.5 Å². The van der Waals surface area contributed by atoms with E-state index in [1.165, 1.54) is 49.9 Å². The van der Waals surface area contributed by atoms with Gasteiger partial charge >= 0.3 is 6.36 Å². The third-order valence-electron chi connectivity index (χ3n) is 6.10. The summed E-state index contributed by atoms with van der Waals surface area (Å²) < 4.78 is 75.4. The summed E-state index contributed by atoms with van der Waals surface area (Å²) in [6.45, 7) is 2.55. The molecule has 1 aliphatic carbocycles. The topological polar surface area (TPSA) is 18.5 Å². The van der Waals surface area contributed by atoms with Crippen molar-refractivity contribution in [1.29, 1.82) is 0 Å². The molecule has 0 aliphatic heterocycles. The molecule has 32 heavy (non-hydrogen) atoms. The predicted octanol–water partition coefficient (Wildman–Crippen LogP) is 8.30. The second-order valence-corrected chi connectivity index (χ2v) is 8.50. The van der Waals surface area contributed by atoms with E-state index in [1.54, 1.807) is 0 Å². The SMILES string of the molecule is CCCCCC1CCC(COc2ccc(-c3ccc(OC(F)(F)F)cc3)c(F)c2F)CC1. The van der Waals surface area contributed by atoms with Gasteiger partial charge in [0, 0.05) is 5.56 Å². The molecule has 1 saturated carbocycles. The highest BCUT2D eigenvalue weighted by atomic mass is 19.4. The number of unbranched alkanes of at least 4 members (excludes halogenated alkanes) is 2. The van der Waals surface area contributed by atoms with Crippen LogP contribution in [0.3, 0.4) is 0 Å². The van der Waals surface area contributed by atoms with Gasteiger partial charge in [0.2, 0.25) is 5.82 Å². The lowest BCUT2D eigenvalue weighted by Gasteiger charge is -2.28. The van der Waals surface area contributed by atoms with Crippen molar-refractivity contribution in [3.8, 4) is 22.6 Å². The van der Waals surface area contributed by atoms with Crippen molar-refractivity contribution in [2.75, 3.05) is 6.61 Å². The molecule has 0 atom stereocenters. The van der Waals surface area contributed by atoms with Crippen LogP contribution in [0.2, 0.25) is 0 Å². The van der Waals surface area contributed by atoms with Crippen LogP contribution in [0, 0.1) is 23.5 Å². The monoisotopic (exact) mass is 456 g/mol. The maximum atomic E-state index is 14.6. The van der Waals surface area contributed by atoms with Crippen LogP contribution in [-0.4, -0.2) is 13.0 Å². The van der Waals surface area contributed by atoms with Gasteiger partial charge in [-0.15, -0.1) is 13.2 Å². The van der Waals surface area contributed by atoms with Crippen LogP contribution in [0.4, 0.5) is 22.0 Å². The number of alkyl halides is 3. The van der Waals surface area contributed by atoms with Crippen molar-refractivity contribution in [2.24, 2.45) is 11.8 Å². The van der Waals surface area contributed by atoms with Gasteiger partial charge in [0.05, 0.1) is 6.61 Å². The average Bonchev–Trinajstić information content (AvgIpc) is 2.76. The Morgan fingerprint density at radius 2 is 1.50 bits per heavy atom. The fourth-order valence-corrected chi connectivity index (χ4v) is 4.28. The van der Waals surface area contributed by atoms with Crippen LogP contribution in [0.15, 0.2) is 36.4 Å². The standard InChI is InChI=1S/C25H29F5O2/c1-2-3-4-5-17-6-8-18(9-7-17)16-31-22-15-14-21(23(26)24(22)27)19-10-12-20(13-11-19)32-25(28,29)30/h10-15,17-18H,2-9,16H2,1H3. The zero-order chi connectivity index (χ0) is 23.1. The Bertz CT molecular complexity index is 856. The molecule has 0 N–H and O–H groups in total. The first kappa shape index (κ1) is 24.3. The number of hydrogen-bond acceptors (Lipinski definition) is 2. The van der Waals surface area contributed by atoms with Crippen molar-refractivity contribution in [1.82, 2.24) is 0 Å². The fraction of sp³-hybridized carbons (Fsp3) is 0.520. The van der Waals surface area contributed by atoms with Crippen LogP contribution >= 0.6 is 0 Å². The van der Waals surface area contributed by atoms with Gasteiger partial charge in [-0.05, 0) is 54.5 Å². The number of halogens is 5. The summed E-state index contributed by atoms with van der Waals surface area (Å²) in [5.74, 6) is -1.66. The molecule has 1 aliphatic rings. The smallest absolute Gasteiger partial charge is 0.490 e. The Hall–Kier alpha value is -2.31. The molecule has 176 valence electrons. The van der Waals surface area contributed by atoms with E-state index in [-0.39, 0.29) is 16.9 Å². The fourth-order valence-electron chi connectivity index (χ4n) is 4.28. The lowest BCUT2D eigenvalue weighted by molar-refractivity contribution is -0.274. The molecule has 2 aromatic rings. The van der Waals surface area contributed by atoms with Crippen molar-refractivity contribution >= 4 is 0 Å². The average molecular weight is 456 g/mol. The van der Waals surface area contributed by atoms with Crippen LogP contribution in [0.25, 0.3) is 11.1 Å². The van der Waals surface area contributed by atoms with Crippen molar-refractivity contribution in [2.45, 2.75) is 64.7 Å². The molecule has 2 nitrogen and oxygen atoms in total. The van der Waals surface area contributed by atoms with Crippen molar-refractivity contribution < 1.29 is 31.4 Å². The van der Waals surface area contributed by atoms with Crippen LogP contribution in [-0.2, 0) is 0 Å². The van der Waals surface area contributed by atoms with E-state index in [2.05, 4.69) is 11.7 Å². The third-order valence-corrected chi connectivity index (χ3v) is 6.10. The molecule has 0 amide bonds. The quantitative estimate of drug-likeness (QED) is 0.279. The van der Waals surface area contributed by atoms with Crippen molar-refractivity contribution in [3.63, 3.8) is 0 Å². The second-order valence-electron chi connectivity index (χ2n) is 8.50. The van der Waals surface area contributed by atoms with E-state index < -0.39 is 23.7 Å². The summed E-state index contributed by atoms with van der Waals surface area (Å²) in [6, 6.07) is 7.35. The second kappa shape index (κ2) is 11.0. The zero-order valence-electron chi connectivity index (χ0n) is 18.2. The lowest BCUT2D eigenvalue weighted by atomic mass is 9.80. The maximum Gasteiger partial charge on any atom is 0.573 e. The third kappa shape index (κ3) is 6.84. The number of rotatable bonds is 9. The number of benzene rings is 2. The van der Waals surface area contributed by atoms with E-state index in [0.29, 0.717) is 12.5 Å². The van der Waals surface area contributed by atoms with Crippen molar-refractivity contribution in [3.05, 3.63) is 48.0 Å². The van der Waals surface area contributed by atoms with Gasteiger partial charge in [-0.3, -0.25) is 0 Å². The Kier molecular flexibility index (Phi) is 8.38. The molecule has 0 bridgehead atoms. The van der Waals surface area contributed by atoms with Gasteiger partial charge in [0.15, 0.2) is 11.6 Å². The number of ether oxygens (including phenoxy) is 2.